The number of nitrogens with one attached hydrogen (secondary N) is 1. The van der Waals surface area contributed by atoms with Crippen LogP contribution in [0.4, 0.5) is 4.39 Å². The van der Waals surface area contributed by atoms with Gasteiger partial charge in [-0.1, -0.05) is 48.0 Å². The van der Waals surface area contributed by atoms with E-state index >= 15 is 0 Å². The number of hydrogen-bond donors (Lipinski definition) is 1. The van der Waals surface area contributed by atoms with Crippen LogP contribution in [-0.2, 0) is 17.8 Å². The molecule has 0 spiro atoms. The highest BCUT2D eigenvalue weighted by molar-refractivity contribution is 6.31. The summed E-state index contributed by atoms with van der Waals surface area (Å²) in [5.41, 5.74) is 1.46. The van der Waals surface area contributed by atoms with Crippen molar-refractivity contribution in [1.29, 1.82) is 0 Å². The Balaban J connectivity index is 1.51. The standard InChI is InChI=1S/C23H28ClFN2O/c1-23(2,15-17-7-4-3-5-8-17)26-22(28)18-11-13-27(14-12-18)16-19-20(24)9-6-10-21(19)25/h3-10,18H,11-16H2,1-2H3,(H,26,28). The summed E-state index contributed by atoms with van der Waals surface area (Å²) >= 11 is 6.14. The van der Waals surface area contributed by atoms with Gasteiger partial charge in [0.25, 0.3) is 0 Å². The first-order valence-corrected chi connectivity index (χ1v) is 10.2. The van der Waals surface area contributed by atoms with Crippen molar-refractivity contribution in [3.8, 4) is 0 Å². The molecule has 1 saturated heterocycles. The molecule has 3 nitrogen and oxygen atoms in total. The van der Waals surface area contributed by atoms with E-state index in [4.69, 9.17) is 11.6 Å². The molecule has 28 heavy (non-hydrogen) atoms. The van der Waals surface area contributed by atoms with Gasteiger partial charge in [-0.15, -0.1) is 0 Å². The number of likely N-dealkylation sites (tertiary alicyclic amines) is 1. The van der Waals surface area contributed by atoms with Gasteiger partial charge in [0.05, 0.1) is 0 Å². The maximum absolute atomic E-state index is 14.0. The normalized spacial score (nSPS) is 16.1. The van der Waals surface area contributed by atoms with Gasteiger partial charge >= 0.3 is 0 Å². The zero-order valence-corrected chi connectivity index (χ0v) is 17.3. The van der Waals surface area contributed by atoms with E-state index in [0.717, 1.165) is 32.4 Å². The van der Waals surface area contributed by atoms with Crippen LogP contribution >= 0.6 is 11.6 Å². The minimum absolute atomic E-state index is 0.00221. The maximum atomic E-state index is 14.0. The molecule has 0 bridgehead atoms. The molecule has 1 aliphatic rings. The van der Waals surface area contributed by atoms with Crippen LogP contribution in [0, 0.1) is 11.7 Å². The van der Waals surface area contributed by atoms with Gasteiger partial charge in [-0.3, -0.25) is 9.69 Å². The van der Waals surface area contributed by atoms with Crippen molar-refractivity contribution in [2.24, 2.45) is 5.92 Å². The SMILES string of the molecule is CC(C)(Cc1ccccc1)NC(=O)C1CCN(Cc2c(F)cccc2Cl)CC1. The van der Waals surface area contributed by atoms with Crippen LogP contribution in [0.5, 0.6) is 0 Å². The van der Waals surface area contributed by atoms with Gasteiger partial charge in [0, 0.05) is 28.6 Å². The van der Waals surface area contributed by atoms with Gasteiger partial charge in [-0.2, -0.15) is 0 Å². The molecule has 0 atom stereocenters. The molecule has 0 unspecified atom stereocenters. The Morgan fingerprint density at radius 2 is 1.82 bits per heavy atom. The Hall–Kier alpha value is -1.91. The monoisotopic (exact) mass is 402 g/mol. The lowest BCUT2D eigenvalue weighted by Crippen LogP contribution is -2.49. The number of nitrogens with zero attached hydrogens (tertiary/aromatic N) is 1. The zero-order valence-electron chi connectivity index (χ0n) is 16.6. The van der Waals surface area contributed by atoms with Gasteiger partial charge in [0.2, 0.25) is 5.91 Å². The van der Waals surface area contributed by atoms with Crippen LogP contribution in [0.1, 0.15) is 37.8 Å². The zero-order chi connectivity index (χ0) is 20.1. The van der Waals surface area contributed by atoms with Gasteiger partial charge in [0.15, 0.2) is 0 Å². The number of rotatable bonds is 6. The van der Waals surface area contributed by atoms with E-state index in [1.54, 1.807) is 12.1 Å². The second-order valence-corrected chi connectivity index (χ2v) is 8.69. The summed E-state index contributed by atoms with van der Waals surface area (Å²) in [6.07, 6.45) is 2.35. The number of amides is 1. The Morgan fingerprint density at radius 3 is 2.46 bits per heavy atom. The second kappa shape index (κ2) is 9.06. The average molecular weight is 403 g/mol. The molecular weight excluding hydrogens is 375 g/mol. The average Bonchev–Trinajstić information content (AvgIpc) is 2.65. The van der Waals surface area contributed by atoms with Crippen molar-refractivity contribution in [2.75, 3.05) is 13.1 Å². The van der Waals surface area contributed by atoms with Crippen molar-refractivity contribution in [3.63, 3.8) is 0 Å². The maximum Gasteiger partial charge on any atom is 0.223 e. The first-order chi connectivity index (χ1) is 13.3. The van der Waals surface area contributed by atoms with Crippen molar-refractivity contribution in [2.45, 2.75) is 45.2 Å². The summed E-state index contributed by atoms with van der Waals surface area (Å²) in [5, 5.41) is 3.68. The number of piperidine rings is 1. The minimum atomic E-state index is -0.295. The molecule has 2 aromatic rings. The quantitative estimate of drug-likeness (QED) is 0.750. The molecule has 3 rings (SSSR count). The summed E-state index contributed by atoms with van der Waals surface area (Å²) in [6, 6.07) is 15.0. The Kier molecular flexibility index (Phi) is 6.73. The van der Waals surface area contributed by atoms with Crippen LogP contribution in [0.25, 0.3) is 0 Å². The Bertz CT molecular complexity index is 781. The Labute approximate surface area is 171 Å². The van der Waals surface area contributed by atoms with E-state index in [0.29, 0.717) is 17.1 Å². The summed E-state index contributed by atoms with van der Waals surface area (Å²) in [4.78, 5) is 14.9. The number of hydrogen-bond acceptors (Lipinski definition) is 2. The largest absolute Gasteiger partial charge is 0.351 e. The van der Waals surface area contributed by atoms with E-state index in [-0.39, 0.29) is 23.2 Å². The molecular formula is C23H28ClFN2O. The van der Waals surface area contributed by atoms with Crippen LogP contribution in [0.15, 0.2) is 48.5 Å². The van der Waals surface area contributed by atoms with Crippen LogP contribution in [0.3, 0.4) is 0 Å². The summed E-state index contributed by atoms with van der Waals surface area (Å²) in [6.45, 7) is 6.14. The van der Waals surface area contributed by atoms with Crippen LogP contribution in [0.2, 0.25) is 5.02 Å². The molecule has 1 fully saturated rings. The van der Waals surface area contributed by atoms with E-state index in [1.165, 1.54) is 11.6 Å². The molecule has 150 valence electrons. The predicted molar refractivity (Wildman–Crippen MR) is 112 cm³/mol. The third kappa shape index (κ3) is 5.55. The van der Waals surface area contributed by atoms with Crippen molar-refractivity contribution in [3.05, 3.63) is 70.5 Å². The van der Waals surface area contributed by atoms with Gasteiger partial charge < -0.3 is 5.32 Å². The lowest BCUT2D eigenvalue weighted by Gasteiger charge is -2.34. The highest BCUT2D eigenvalue weighted by atomic mass is 35.5. The lowest BCUT2D eigenvalue weighted by molar-refractivity contribution is -0.128. The van der Waals surface area contributed by atoms with Crippen molar-refractivity contribution < 1.29 is 9.18 Å². The number of benzene rings is 2. The fraction of sp³-hybridized carbons (Fsp3) is 0.435. The molecule has 0 aromatic heterocycles. The fourth-order valence-corrected chi connectivity index (χ4v) is 4.07. The number of carbonyl (C=O) groups excluding carboxylic acids is 1. The Morgan fingerprint density at radius 1 is 1.14 bits per heavy atom. The second-order valence-electron chi connectivity index (χ2n) is 8.29. The molecule has 0 aliphatic carbocycles. The predicted octanol–water partition coefficient (Wildman–Crippen LogP) is 4.83. The highest BCUT2D eigenvalue weighted by Gasteiger charge is 2.29. The van der Waals surface area contributed by atoms with Gasteiger partial charge in [0.1, 0.15) is 5.82 Å². The molecule has 0 radical (unpaired) electrons. The summed E-state index contributed by atoms with van der Waals surface area (Å²) in [7, 11) is 0. The molecule has 1 N–H and O–H groups in total. The topological polar surface area (TPSA) is 32.3 Å². The molecule has 0 saturated carbocycles. The minimum Gasteiger partial charge on any atom is -0.351 e. The molecule has 1 amide bonds. The third-order valence-electron chi connectivity index (χ3n) is 5.35. The lowest BCUT2D eigenvalue weighted by atomic mass is 9.91. The molecule has 5 heteroatoms. The first kappa shape index (κ1) is 20.8. The summed E-state index contributed by atoms with van der Waals surface area (Å²) < 4.78 is 14.0. The van der Waals surface area contributed by atoms with Gasteiger partial charge in [-0.25, -0.2) is 4.39 Å². The smallest absolute Gasteiger partial charge is 0.223 e. The van der Waals surface area contributed by atoms with E-state index in [1.807, 2.05) is 18.2 Å². The third-order valence-corrected chi connectivity index (χ3v) is 5.71. The van der Waals surface area contributed by atoms with E-state index in [2.05, 4.69) is 36.2 Å². The van der Waals surface area contributed by atoms with E-state index < -0.39 is 0 Å². The van der Waals surface area contributed by atoms with Crippen molar-refractivity contribution >= 4 is 17.5 Å². The fourth-order valence-electron chi connectivity index (χ4n) is 3.85. The summed E-state index contributed by atoms with van der Waals surface area (Å²) in [5.74, 6) is -0.151. The molecule has 1 heterocycles. The van der Waals surface area contributed by atoms with Gasteiger partial charge in [-0.05, 0) is 63.9 Å². The first-order valence-electron chi connectivity index (χ1n) is 9.85. The van der Waals surface area contributed by atoms with E-state index in [9.17, 15) is 9.18 Å². The van der Waals surface area contributed by atoms with Crippen LogP contribution in [-0.4, -0.2) is 29.4 Å². The van der Waals surface area contributed by atoms with Crippen molar-refractivity contribution in [1.82, 2.24) is 10.2 Å². The highest BCUT2D eigenvalue weighted by Crippen LogP contribution is 2.25. The number of carbonyl (C=O) groups is 1. The van der Waals surface area contributed by atoms with Crippen LogP contribution < -0.4 is 5.32 Å². The molecule has 1 aliphatic heterocycles. The molecule has 2 aromatic carbocycles. The number of halogens is 2.